The summed E-state index contributed by atoms with van der Waals surface area (Å²) in [7, 11) is 0. The highest BCUT2D eigenvalue weighted by Crippen LogP contribution is 2.17. The van der Waals surface area contributed by atoms with Crippen LogP contribution in [0.15, 0.2) is 59.7 Å². The normalized spacial score (nSPS) is 14.6. The fourth-order valence-corrected chi connectivity index (χ4v) is 3.12. The van der Waals surface area contributed by atoms with E-state index in [2.05, 4.69) is 15.8 Å². The highest BCUT2D eigenvalue weighted by Gasteiger charge is 2.14. The SMILES string of the molecule is O=C(N/N=C\c1ccc(OCCOc2ccccc2)cc1)NC1CCCCC1. The zero-order valence-electron chi connectivity index (χ0n) is 16.0. The second kappa shape index (κ2) is 11.0. The highest BCUT2D eigenvalue weighted by molar-refractivity contribution is 5.82. The van der Waals surface area contributed by atoms with Gasteiger partial charge in [-0.1, -0.05) is 37.5 Å². The van der Waals surface area contributed by atoms with E-state index >= 15 is 0 Å². The predicted octanol–water partition coefficient (Wildman–Crippen LogP) is 4.11. The van der Waals surface area contributed by atoms with Gasteiger partial charge in [0.15, 0.2) is 0 Å². The van der Waals surface area contributed by atoms with Crippen LogP contribution in [0.1, 0.15) is 37.7 Å². The van der Waals surface area contributed by atoms with E-state index in [0.29, 0.717) is 13.2 Å². The molecule has 3 rings (SSSR count). The molecule has 2 amide bonds. The Bertz CT molecular complexity index is 741. The summed E-state index contributed by atoms with van der Waals surface area (Å²) in [4.78, 5) is 11.8. The lowest BCUT2D eigenvalue weighted by atomic mass is 9.96. The average molecular weight is 381 g/mol. The number of hydrogen-bond acceptors (Lipinski definition) is 4. The minimum absolute atomic E-state index is 0.249. The van der Waals surface area contributed by atoms with Crippen LogP contribution in [0.4, 0.5) is 4.79 Å². The number of ether oxygens (including phenoxy) is 2. The number of nitrogens with one attached hydrogen (secondary N) is 2. The summed E-state index contributed by atoms with van der Waals surface area (Å²) < 4.78 is 11.2. The molecule has 1 aliphatic rings. The molecule has 2 N–H and O–H groups in total. The number of para-hydroxylation sites is 1. The van der Waals surface area contributed by atoms with Gasteiger partial charge in [0.1, 0.15) is 24.7 Å². The van der Waals surface area contributed by atoms with E-state index < -0.39 is 0 Å². The zero-order valence-corrected chi connectivity index (χ0v) is 16.0. The molecule has 0 bridgehead atoms. The van der Waals surface area contributed by atoms with Crippen molar-refractivity contribution in [2.45, 2.75) is 38.1 Å². The molecule has 0 aliphatic heterocycles. The summed E-state index contributed by atoms with van der Waals surface area (Å²) in [5.74, 6) is 1.59. The quantitative estimate of drug-likeness (QED) is 0.411. The summed E-state index contributed by atoms with van der Waals surface area (Å²) in [5.41, 5.74) is 3.40. The summed E-state index contributed by atoms with van der Waals surface area (Å²) in [6.07, 6.45) is 7.34. The topological polar surface area (TPSA) is 72.0 Å². The summed E-state index contributed by atoms with van der Waals surface area (Å²) in [6, 6.07) is 17.2. The molecular weight excluding hydrogens is 354 g/mol. The molecule has 1 aliphatic carbocycles. The van der Waals surface area contributed by atoms with Crippen molar-refractivity contribution in [3.63, 3.8) is 0 Å². The van der Waals surface area contributed by atoms with Crippen molar-refractivity contribution in [1.29, 1.82) is 0 Å². The van der Waals surface area contributed by atoms with E-state index in [0.717, 1.165) is 29.9 Å². The van der Waals surface area contributed by atoms with Gasteiger partial charge in [0, 0.05) is 6.04 Å². The minimum Gasteiger partial charge on any atom is -0.490 e. The first-order valence-electron chi connectivity index (χ1n) is 9.80. The van der Waals surface area contributed by atoms with Gasteiger partial charge in [0.05, 0.1) is 6.21 Å². The number of benzene rings is 2. The Balaban J connectivity index is 1.34. The number of hydrogen-bond donors (Lipinski definition) is 2. The first-order valence-corrected chi connectivity index (χ1v) is 9.80. The van der Waals surface area contributed by atoms with Crippen LogP contribution in [0.2, 0.25) is 0 Å². The third-order valence-corrected chi connectivity index (χ3v) is 4.56. The van der Waals surface area contributed by atoms with Gasteiger partial charge in [-0.25, -0.2) is 10.2 Å². The van der Waals surface area contributed by atoms with Crippen molar-refractivity contribution in [3.8, 4) is 11.5 Å². The smallest absolute Gasteiger partial charge is 0.335 e. The van der Waals surface area contributed by atoms with Crippen LogP contribution >= 0.6 is 0 Å². The van der Waals surface area contributed by atoms with Crippen molar-refractivity contribution in [2.24, 2.45) is 5.10 Å². The molecule has 1 saturated carbocycles. The Hall–Kier alpha value is -3.02. The molecule has 1 fully saturated rings. The lowest BCUT2D eigenvalue weighted by Crippen LogP contribution is -2.41. The van der Waals surface area contributed by atoms with Crippen molar-refractivity contribution >= 4 is 12.2 Å². The molecular formula is C22H27N3O3. The molecule has 0 radical (unpaired) electrons. The van der Waals surface area contributed by atoms with Gasteiger partial charge in [0.25, 0.3) is 0 Å². The van der Waals surface area contributed by atoms with Gasteiger partial charge < -0.3 is 14.8 Å². The molecule has 28 heavy (non-hydrogen) atoms. The lowest BCUT2D eigenvalue weighted by Gasteiger charge is -2.22. The minimum atomic E-state index is -0.249. The highest BCUT2D eigenvalue weighted by atomic mass is 16.5. The number of urea groups is 1. The summed E-state index contributed by atoms with van der Waals surface area (Å²) in [5, 5.41) is 6.96. The van der Waals surface area contributed by atoms with Crippen molar-refractivity contribution in [1.82, 2.24) is 10.7 Å². The van der Waals surface area contributed by atoms with Gasteiger partial charge >= 0.3 is 6.03 Å². The molecule has 6 nitrogen and oxygen atoms in total. The maximum absolute atomic E-state index is 11.8. The Morgan fingerprint density at radius 3 is 2.25 bits per heavy atom. The maximum Gasteiger partial charge on any atom is 0.335 e. The average Bonchev–Trinajstić information content (AvgIpc) is 2.74. The number of nitrogens with zero attached hydrogens (tertiary/aromatic N) is 1. The van der Waals surface area contributed by atoms with Crippen LogP contribution in [-0.4, -0.2) is 31.5 Å². The standard InChI is InChI=1S/C22H27N3O3/c26-22(24-19-7-3-1-4-8-19)25-23-17-18-11-13-21(14-12-18)28-16-15-27-20-9-5-2-6-10-20/h2,5-6,9-14,17,19H,1,3-4,7-8,15-16H2,(H2,24,25,26)/b23-17-. The molecule has 0 saturated heterocycles. The van der Waals surface area contributed by atoms with E-state index in [9.17, 15) is 4.79 Å². The Kier molecular flexibility index (Phi) is 7.73. The van der Waals surface area contributed by atoms with Gasteiger partial charge in [-0.2, -0.15) is 5.10 Å². The maximum atomic E-state index is 11.8. The zero-order chi connectivity index (χ0) is 19.4. The largest absolute Gasteiger partial charge is 0.490 e. The Morgan fingerprint density at radius 1 is 0.929 bits per heavy atom. The van der Waals surface area contributed by atoms with E-state index in [1.807, 2.05) is 54.6 Å². The third kappa shape index (κ3) is 6.95. The van der Waals surface area contributed by atoms with E-state index in [1.165, 1.54) is 19.3 Å². The molecule has 6 heteroatoms. The third-order valence-electron chi connectivity index (χ3n) is 4.56. The van der Waals surface area contributed by atoms with Gasteiger partial charge in [-0.3, -0.25) is 0 Å². The monoisotopic (exact) mass is 381 g/mol. The van der Waals surface area contributed by atoms with Crippen LogP contribution in [0.3, 0.4) is 0 Å². The van der Waals surface area contributed by atoms with Gasteiger partial charge in [-0.15, -0.1) is 0 Å². The molecule has 2 aromatic rings. The second-order valence-corrected chi connectivity index (χ2v) is 6.76. The molecule has 0 unspecified atom stereocenters. The van der Waals surface area contributed by atoms with Crippen LogP contribution in [0, 0.1) is 0 Å². The Morgan fingerprint density at radius 2 is 1.57 bits per heavy atom. The molecule has 148 valence electrons. The molecule has 0 spiro atoms. The number of carbonyl (C=O) groups is 1. The molecule has 0 atom stereocenters. The molecule has 0 heterocycles. The summed E-state index contributed by atoms with van der Waals surface area (Å²) >= 11 is 0. The van der Waals surface area contributed by atoms with Gasteiger partial charge in [0.2, 0.25) is 0 Å². The Labute approximate surface area is 165 Å². The van der Waals surface area contributed by atoms with Gasteiger partial charge in [-0.05, 0) is 54.8 Å². The van der Waals surface area contributed by atoms with Crippen LogP contribution in [0.5, 0.6) is 11.5 Å². The first kappa shape index (κ1) is 19.7. The van der Waals surface area contributed by atoms with Crippen LogP contribution in [-0.2, 0) is 0 Å². The number of amides is 2. The fraction of sp³-hybridized carbons (Fsp3) is 0.364. The van der Waals surface area contributed by atoms with E-state index in [4.69, 9.17) is 9.47 Å². The van der Waals surface area contributed by atoms with Crippen molar-refractivity contribution in [3.05, 3.63) is 60.2 Å². The molecule has 0 aromatic heterocycles. The fourth-order valence-electron chi connectivity index (χ4n) is 3.12. The lowest BCUT2D eigenvalue weighted by molar-refractivity contribution is 0.217. The van der Waals surface area contributed by atoms with E-state index in [1.54, 1.807) is 6.21 Å². The number of carbonyl (C=O) groups excluding carboxylic acids is 1. The number of rotatable bonds is 8. The van der Waals surface area contributed by atoms with Crippen LogP contribution < -0.4 is 20.2 Å². The van der Waals surface area contributed by atoms with E-state index in [-0.39, 0.29) is 12.1 Å². The number of hydrazone groups is 1. The predicted molar refractivity (Wildman–Crippen MR) is 110 cm³/mol. The first-order chi connectivity index (χ1) is 13.8. The summed E-state index contributed by atoms with van der Waals surface area (Å²) in [6.45, 7) is 0.943. The van der Waals surface area contributed by atoms with Crippen molar-refractivity contribution in [2.75, 3.05) is 13.2 Å². The van der Waals surface area contributed by atoms with Crippen molar-refractivity contribution < 1.29 is 14.3 Å². The second-order valence-electron chi connectivity index (χ2n) is 6.76. The molecule has 2 aromatic carbocycles. The van der Waals surface area contributed by atoms with Crippen LogP contribution in [0.25, 0.3) is 0 Å².